The van der Waals surface area contributed by atoms with E-state index in [-0.39, 0.29) is 35.5 Å². The zero-order valence-electron chi connectivity index (χ0n) is 16.8. The van der Waals surface area contributed by atoms with E-state index in [1.165, 1.54) is 14.0 Å². The number of hydrogen-bond acceptors (Lipinski definition) is 5. The largest absolute Gasteiger partial charge is 0.495 e. The first kappa shape index (κ1) is 22.4. The molecular formula is C20H25N3O5S. The molecule has 0 aliphatic heterocycles. The van der Waals surface area contributed by atoms with Crippen LogP contribution in [0.25, 0.3) is 0 Å². The highest BCUT2D eigenvalue weighted by molar-refractivity contribution is 7.89. The van der Waals surface area contributed by atoms with Gasteiger partial charge in [0.15, 0.2) is 0 Å². The van der Waals surface area contributed by atoms with Gasteiger partial charge in [-0.2, -0.15) is 0 Å². The second-order valence-electron chi connectivity index (χ2n) is 6.50. The monoisotopic (exact) mass is 419 g/mol. The number of nitrogens with one attached hydrogen (secondary N) is 3. The fourth-order valence-corrected chi connectivity index (χ4v) is 3.88. The molecule has 2 amide bonds. The zero-order valence-corrected chi connectivity index (χ0v) is 17.6. The summed E-state index contributed by atoms with van der Waals surface area (Å²) in [7, 11) is -2.38. The van der Waals surface area contributed by atoms with E-state index < -0.39 is 10.0 Å². The van der Waals surface area contributed by atoms with E-state index in [1.807, 2.05) is 13.8 Å². The summed E-state index contributed by atoms with van der Waals surface area (Å²) in [6, 6.07) is 9.69. The minimum absolute atomic E-state index is 0.00946. The number of carbonyl (C=O) groups is 2. The molecule has 0 atom stereocenters. The molecule has 2 aromatic rings. The van der Waals surface area contributed by atoms with Crippen LogP contribution in [0.3, 0.4) is 0 Å². The molecule has 8 nitrogen and oxygen atoms in total. The number of rotatable bonds is 8. The van der Waals surface area contributed by atoms with Crippen LogP contribution in [0.15, 0.2) is 41.3 Å². The van der Waals surface area contributed by atoms with Crippen LogP contribution >= 0.6 is 0 Å². The molecule has 0 aliphatic carbocycles. The normalized spacial score (nSPS) is 11.0. The van der Waals surface area contributed by atoms with Gasteiger partial charge in [-0.15, -0.1) is 0 Å². The molecule has 0 heterocycles. The summed E-state index contributed by atoms with van der Waals surface area (Å²) in [6.07, 6.45) is 0. The molecule has 0 spiro atoms. The van der Waals surface area contributed by atoms with Crippen molar-refractivity contribution in [3.8, 4) is 5.75 Å². The van der Waals surface area contributed by atoms with Crippen LogP contribution in [-0.4, -0.2) is 40.4 Å². The van der Waals surface area contributed by atoms with E-state index in [1.54, 1.807) is 36.4 Å². The average Bonchev–Trinajstić information content (AvgIpc) is 2.66. The minimum atomic E-state index is -3.80. The van der Waals surface area contributed by atoms with Crippen molar-refractivity contribution in [1.82, 2.24) is 10.0 Å². The Balaban J connectivity index is 1.97. The van der Waals surface area contributed by atoms with Gasteiger partial charge in [0.2, 0.25) is 15.9 Å². The van der Waals surface area contributed by atoms with Crippen LogP contribution in [0.4, 0.5) is 5.69 Å². The molecule has 0 saturated carbocycles. The van der Waals surface area contributed by atoms with Crippen LogP contribution in [-0.2, 0) is 14.8 Å². The number of benzene rings is 2. The lowest BCUT2D eigenvalue weighted by Crippen LogP contribution is -2.34. The molecule has 0 aromatic heterocycles. The number of amides is 2. The second-order valence-corrected chi connectivity index (χ2v) is 8.24. The Labute approximate surface area is 170 Å². The highest BCUT2D eigenvalue weighted by Crippen LogP contribution is 2.27. The fraction of sp³-hybridized carbons (Fsp3) is 0.300. The molecule has 0 saturated heterocycles. The highest BCUT2D eigenvalue weighted by atomic mass is 32.2. The molecular weight excluding hydrogens is 394 g/mol. The average molecular weight is 420 g/mol. The van der Waals surface area contributed by atoms with Gasteiger partial charge in [-0.3, -0.25) is 9.59 Å². The maximum Gasteiger partial charge on any atom is 0.251 e. The highest BCUT2D eigenvalue weighted by Gasteiger charge is 2.20. The molecule has 2 aromatic carbocycles. The van der Waals surface area contributed by atoms with Crippen molar-refractivity contribution in [3.63, 3.8) is 0 Å². The van der Waals surface area contributed by atoms with Crippen molar-refractivity contribution >= 4 is 27.5 Å². The standard InChI is InChI=1S/C20H25N3O5S/c1-13-10-18(28-4)19(11-14(13)2)29(26,27)22-9-8-21-20(25)16-6-5-7-17(12-16)23-15(3)24/h5-7,10-12,22H,8-9H2,1-4H3,(H,21,25)(H,23,24). The number of sulfonamides is 1. The summed E-state index contributed by atoms with van der Waals surface area (Å²) in [5.41, 5.74) is 2.62. The van der Waals surface area contributed by atoms with Crippen molar-refractivity contribution in [2.45, 2.75) is 25.7 Å². The smallest absolute Gasteiger partial charge is 0.251 e. The van der Waals surface area contributed by atoms with Crippen molar-refractivity contribution in [1.29, 1.82) is 0 Å². The number of aryl methyl sites for hydroxylation is 2. The Kier molecular flexibility index (Phi) is 7.35. The van der Waals surface area contributed by atoms with E-state index in [0.29, 0.717) is 11.3 Å². The molecule has 9 heteroatoms. The molecule has 0 unspecified atom stereocenters. The molecule has 2 rings (SSSR count). The first-order valence-corrected chi connectivity index (χ1v) is 10.4. The summed E-state index contributed by atoms with van der Waals surface area (Å²) in [4.78, 5) is 23.4. The number of hydrogen-bond donors (Lipinski definition) is 3. The summed E-state index contributed by atoms with van der Waals surface area (Å²) in [5.74, 6) is -0.349. The van der Waals surface area contributed by atoms with Crippen molar-refractivity contribution < 1.29 is 22.7 Å². The third-order valence-electron chi connectivity index (χ3n) is 4.22. The molecule has 3 N–H and O–H groups in total. The van der Waals surface area contributed by atoms with E-state index >= 15 is 0 Å². The molecule has 156 valence electrons. The van der Waals surface area contributed by atoms with Gasteiger partial charge >= 0.3 is 0 Å². The predicted molar refractivity (Wildman–Crippen MR) is 111 cm³/mol. The topological polar surface area (TPSA) is 114 Å². The third-order valence-corrected chi connectivity index (χ3v) is 5.70. The minimum Gasteiger partial charge on any atom is -0.495 e. The summed E-state index contributed by atoms with van der Waals surface area (Å²) in [5, 5.41) is 5.24. The first-order chi connectivity index (χ1) is 13.6. The van der Waals surface area contributed by atoms with Crippen LogP contribution < -0.4 is 20.1 Å². The van der Waals surface area contributed by atoms with E-state index in [2.05, 4.69) is 15.4 Å². The Hall–Kier alpha value is -2.91. The maximum absolute atomic E-state index is 12.6. The predicted octanol–water partition coefficient (Wildman–Crippen LogP) is 1.98. The number of ether oxygens (including phenoxy) is 1. The van der Waals surface area contributed by atoms with Crippen molar-refractivity contribution in [3.05, 3.63) is 53.1 Å². The van der Waals surface area contributed by atoms with Gasteiger partial charge in [-0.05, 0) is 55.3 Å². The van der Waals surface area contributed by atoms with Crippen molar-refractivity contribution in [2.75, 3.05) is 25.5 Å². The Morgan fingerprint density at radius 3 is 2.38 bits per heavy atom. The van der Waals surface area contributed by atoms with E-state index in [0.717, 1.165) is 11.1 Å². The number of carbonyl (C=O) groups excluding carboxylic acids is 2. The van der Waals surface area contributed by atoms with Crippen molar-refractivity contribution in [2.24, 2.45) is 0 Å². The zero-order chi connectivity index (χ0) is 21.6. The van der Waals surface area contributed by atoms with Gasteiger partial charge in [0.25, 0.3) is 5.91 Å². The Morgan fingerprint density at radius 2 is 1.72 bits per heavy atom. The van der Waals surface area contributed by atoms with Gasteiger partial charge in [-0.1, -0.05) is 6.07 Å². The van der Waals surface area contributed by atoms with Gasteiger partial charge < -0.3 is 15.4 Å². The molecule has 29 heavy (non-hydrogen) atoms. The summed E-state index contributed by atoms with van der Waals surface area (Å²) in [6.45, 7) is 5.18. The van der Waals surface area contributed by atoms with Gasteiger partial charge in [-0.25, -0.2) is 13.1 Å². The molecule has 0 radical (unpaired) electrons. The number of anilines is 1. The van der Waals surface area contributed by atoms with Gasteiger partial charge in [0, 0.05) is 31.3 Å². The van der Waals surface area contributed by atoms with Crippen LogP contribution in [0.5, 0.6) is 5.75 Å². The lowest BCUT2D eigenvalue weighted by atomic mass is 10.1. The molecule has 0 aliphatic rings. The fourth-order valence-electron chi connectivity index (χ4n) is 2.62. The second kappa shape index (κ2) is 9.53. The van der Waals surface area contributed by atoms with E-state index in [4.69, 9.17) is 4.74 Å². The van der Waals surface area contributed by atoms with Crippen LogP contribution in [0.1, 0.15) is 28.4 Å². The van der Waals surface area contributed by atoms with Crippen LogP contribution in [0, 0.1) is 13.8 Å². The SMILES string of the molecule is COc1cc(C)c(C)cc1S(=O)(=O)NCCNC(=O)c1cccc(NC(C)=O)c1. The van der Waals surface area contributed by atoms with E-state index in [9.17, 15) is 18.0 Å². The van der Waals surface area contributed by atoms with Gasteiger partial charge in [0.05, 0.1) is 7.11 Å². The summed E-state index contributed by atoms with van der Waals surface area (Å²) < 4.78 is 32.8. The third kappa shape index (κ3) is 6.03. The van der Waals surface area contributed by atoms with Gasteiger partial charge in [0.1, 0.15) is 10.6 Å². The quantitative estimate of drug-likeness (QED) is 0.566. The molecule has 0 fully saturated rings. The Bertz CT molecular complexity index is 1020. The summed E-state index contributed by atoms with van der Waals surface area (Å²) >= 11 is 0. The molecule has 0 bridgehead atoms. The van der Waals surface area contributed by atoms with Crippen LogP contribution in [0.2, 0.25) is 0 Å². The lowest BCUT2D eigenvalue weighted by Gasteiger charge is -2.13. The maximum atomic E-state index is 12.6. The Morgan fingerprint density at radius 1 is 1.03 bits per heavy atom. The first-order valence-electron chi connectivity index (χ1n) is 8.95. The number of methoxy groups -OCH3 is 1. The lowest BCUT2D eigenvalue weighted by molar-refractivity contribution is -0.114.